The van der Waals surface area contributed by atoms with Crippen LogP contribution >= 0.6 is 0 Å². The van der Waals surface area contributed by atoms with E-state index in [1.54, 1.807) is 0 Å². The highest BCUT2D eigenvalue weighted by molar-refractivity contribution is 5.96. The van der Waals surface area contributed by atoms with Gasteiger partial charge in [0.2, 0.25) is 0 Å². The summed E-state index contributed by atoms with van der Waals surface area (Å²) < 4.78 is 1.93. The van der Waals surface area contributed by atoms with E-state index in [0.29, 0.717) is 6.54 Å². The zero-order chi connectivity index (χ0) is 22.5. The van der Waals surface area contributed by atoms with Gasteiger partial charge < -0.3 is 9.88 Å². The van der Waals surface area contributed by atoms with E-state index in [2.05, 4.69) is 66.8 Å². The molecule has 0 amide bonds. The molecular weight excluding hydrogens is 422 g/mol. The van der Waals surface area contributed by atoms with Gasteiger partial charge in [-0.3, -0.25) is 5.10 Å². The van der Waals surface area contributed by atoms with Crippen LogP contribution in [0.5, 0.6) is 0 Å². The van der Waals surface area contributed by atoms with E-state index in [0.717, 1.165) is 47.6 Å². The fourth-order valence-corrected chi connectivity index (χ4v) is 5.25. The zero-order valence-electron chi connectivity index (χ0n) is 19.3. The molecule has 3 aromatic heterocycles. The second kappa shape index (κ2) is 8.01. The van der Waals surface area contributed by atoms with Gasteiger partial charge in [0.25, 0.3) is 0 Å². The summed E-state index contributed by atoms with van der Waals surface area (Å²) in [6, 6.07) is 13.4. The fraction of sp³-hybridized carbons (Fsp3) is 0.370. The molecule has 7 rings (SSSR count). The standard InChI is InChI=1S/C27H29N7/c1-3-18(4-1)5-2-6-21-12-20-8-7-19(11-25(20)29-21)16-34-17-27(31-32-34)23-13-22(33-9-10-33)14-26-24(23)15-28-30-26/h7-8,11-15,17-18,29H,1-6,9-10,16H2,(H,28,30). The highest BCUT2D eigenvalue weighted by Crippen LogP contribution is 2.34. The van der Waals surface area contributed by atoms with Gasteiger partial charge in [0.15, 0.2) is 0 Å². The first-order chi connectivity index (χ1) is 16.8. The Balaban J connectivity index is 1.09. The Hall–Kier alpha value is -3.61. The normalized spacial score (nSPS) is 15.9. The highest BCUT2D eigenvalue weighted by atomic mass is 15.4. The van der Waals surface area contributed by atoms with Crippen molar-refractivity contribution in [3.05, 3.63) is 60.0 Å². The van der Waals surface area contributed by atoms with Crippen molar-refractivity contribution >= 4 is 27.5 Å². The minimum Gasteiger partial charge on any atom is -0.368 e. The summed E-state index contributed by atoms with van der Waals surface area (Å²) in [6.45, 7) is 2.91. The summed E-state index contributed by atoms with van der Waals surface area (Å²) >= 11 is 0. The third kappa shape index (κ3) is 3.75. The van der Waals surface area contributed by atoms with Gasteiger partial charge in [-0.1, -0.05) is 43.0 Å². The molecule has 1 aliphatic carbocycles. The molecule has 1 saturated heterocycles. The summed E-state index contributed by atoms with van der Waals surface area (Å²) in [4.78, 5) is 5.98. The van der Waals surface area contributed by atoms with Gasteiger partial charge in [-0.15, -0.1) is 5.10 Å². The van der Waals surface area contributed by atoms with Crippen LogP contribution in [0.3, 0.4) is 0 Å². The minimum atomic E-state index is 0.694. The quantitative estimate of drug-likeness (QED) is 0.314. The molecule has 2 fully saturated rings. The Kier molecular flexibility index (Phi) is 4.67. The van der Waals surface area contributed by atoms with Crippen LogP contribution in [0.1, 0.15) is 43.4 Å². The van der Waals surface area contributed by atoms with Crippen molar-refractivity contribution < 1.29 is 0 Å². The number of anilines is 1. The molecule has 7 heteroatoms. The predicted octanol–water partition coefficient (Wildman–Crippen LogP) is 5.29. The van der Waals surface area contributed by atoms with Crippen LogP contribution in [0.2, 0.25) is 0 Å². The Labute approximate surface area is 198 Å². The molecule has 0 atom stereocenters. The van der Waals surface area contributed by atoms with E-state index in [9.17, 15) is 0 Å². The molecule has 7 nitrogen and oxygen atoms in total. The lowest BCUT2D eigenvalue weighted by Gasteiger charge is -2.24. The van der Waals surface area contributed by atoms with E-state index in [1.165, 1.54) is 60.0 Å². The number of hydrogen-bond donors (Lipinski definition) is 2. The number of benzene rings is 2. The van der Waals surface area contributed by atoms with Crippen LogP contribution in [-0.2, 0) is 13.0 Å². The Morgan fingerprint density at radius 1 is 1.03 bits per heavy atom. The van der Waals surface area contributed by atoms with Gasteiger partial charge >= 0.3 is 0 Å². The molecule has 4 heterocycles. The lowest BCUT2D eigenvalue weighted by atomic mass is 9.82. The zero-order valence-corrected chi connectivity index (χ0v) is 19.3. The van der Waals surface area contributed by atoms with Gasteiger partial charge in [-0.25, -0.2) is 4.68 Å². The summed E-state index contributed by atoms with van der Waals surface area (Å²) in [6.07, 6.45) is 12.0. The van der Waals surface area contributed by atoms with Crippen molar-refractivity contribution in [2.75, 3.05) is 18.0 Å². The van der Waals surface area contributed by atoms with Crippen LogP contribution in [0.4, 0.5) is 5.69 Å². The third-order valence-electron chi connectivity index (χ3n) is 7.54. The molecule has 2 N–H and O–H groups in total. The topological polar surface area (TPSA) is 78.2 Å². The molecule has 0 spiro atoms. The van der Waals surface area contributed by atoms with Crippen molar-refractivity contribution in [1.29, 1.82) is 0 Å². The van der Waals surface area contributed by atoms with Gasteiger partial charge in [-0.2, -0.15) is 5.10 Å². The molecule has 1 aliphatic heterocycles. The number of aryl methyl sites for hydroxylation is 1. The maximum atomic E-state index is 4.50. The molecule has 0 bridgehead atoms. The molecule has 2 aromatic carbocycles. The monoisotopic (exact) mass is 451 g/mol. The van der Waals surface area contributed by atoms with E-state index in [-0.39, 0.29) is 0 Å². The molecule has 172 valence electrons. The number of aromatic amines is 2. The van der Waals surface area contributed by atoms with Crippen molar-refractivity contribution in [3.8, 4) is 11.3 Å². The molecule has 5 aromatic rings. The summed E-state index contributed by atoms with van der Waals surface area (Å²) in [5.74, 6) is 0.988. The summed E-state index contributed by atoms with van der Waals surface area (Å²) in [5.41, 5.74) is 7.98. The smallest absolute Gasteiger partial charge is 0.113 e. The first kappa shape index (κ1) is 19.8. The Morgan fingerprint density at radius 2 is 1.97 bits per heavy atom. The third-order valence-corrected chi connectivity index (χ3v) is 7.54. The first-order valence-electron chi connectivity index (χ1n) is 12.5. The van der Waals surface area contributed by atoms with Crippen LogP contribution in [0.15, 0.2) is 48.8 Å². The lowest BCUT2D eigenvalue weighted by Crippen LogP contribution is -2.10. The van der Waals surface area contributed by atoms with E-state index in [1.807, 2.05) is 17.1 Å². The molecule has 34 heavy (non-hydrogen) atoms. The number of rotatable bonds is 8. The van der Waals surface area contributed by atoms with Gasteiger partial charge in [0, 0.05) is 40.9 Å². The van der Waals surface area contributed by atoms with Crippen LogP contribution in [0, 0.1) is 5.92 Å². The van der Waals surface area contributed by atoms with E-state index >= 15 is 0 Å². The highest BCUT2D eigenvalue weighted by Gasteiger charge is 2.21. The second-order valence-corrected chi connectivity index (χ2v) is 10.0. The van der Waals surface area contributed by atoms with Crippen LogP contribution in [-0.4, -0.2) is 43.3 Å². The van der Waals surface area contributed by atoms with Crippen molar-refractivity contribution in [2.45, 2.75) is 45.1 Å². The van der Waals surface area contributed by atoms with E-state index < -0.39 is 0 Å². The summed E-state index contributed by atoms with van der Waals surface area (Å²) in [7, 11) is 0. The number of nitrogens with one attached hydrogen (secondary N) is 2. The van der Waals surface area contributed by atoms with Crippen molar-refractivity contribution in [2.24, 2.45) is 5.92 Å². The largest absolute Gasteiger partial charge is 0.368 e. The number of hydrogen-bond acceptors (Lipinski definition) is 4. The SMILES string of the molecule is c1cc2cc(CCCC3CCC3)[nH]c2cc1Cn1cc(-c2cc(N3CC3)cc3[nH]ncc23)nn1. The molecule has 0 unspecified atom stereocenters. The maximum Gasteiger partial charge on any atom is 0.113 e. The average molecular weight is 452 g/mol. The molecule has 2 aliphatic rings. The molecule has 1 saturated carbocycles. The maximum absolute atomic E-state index is 4.50. The van der Waals surface area contributed by atoms with E-state index in [4.69, 9.17) is 0 Å². The first-order valence-corrected chi connectivity index (χ1v) is 12.5. The fourth-order valence-electron chi connectivity index (χ4n) is 5.25. The van der Waals surface area contributed by atoms with Crippen molar-refractivity contribution in [3.63, 3.8) is 0 Å². The van der Waals surface area contributed by atoms with Gasteiger partial charge in [0.05, 0.1) is 24.5 Å². The average Bonchev–Trinajstić information content (AvgIpc) is 3.19. The summed E-state index contributed by atoms with van der Waals surface area (Å²) in [5, 5.41) is 18.7. The number of H-pyrrole nitrogens is 2. The molecular formula is C27H29N7. The Bertz CT molecular complexity index is 1460. The lowest BCUT2D eigenvalue weighted by molar-refractivity contribution is 0.290. The Morgan fingerprint density at radius 3 is 2.82 bits per heavy atom. The number of fused-ring (bicyclic) bond motifs is 2. The number of nitrogens with zero attached hydrogens (tertiary/aromatic N) is 5. The van der Waals surface area contributed by atoms with Crippen LogP contribution in [0.25, 0.3) is 33.1 Å². The van der Waals surface area contributed by atoms with Crippen LogP contribution < -0.4 is 4.90 Å². The van der Waals surface area contributed by atoms with Gasteiger partial charge in [-0.05, 0) is 54.0 Å². The second-order valence-electron chi connectivity index (χ2n) is 10.0. The minimum absolute atomic E-state index is 0.694. The predicted molar refractivity (Wildman–Crippen MR) is 135 cm³/mol. The van der Waals surface area contributed by atoms with Crippen molar-refractivity contribution in [1.82, 2.24) is 30.2 Å². The molecule has 0 radical (unpaired) electrons. The number of aromatic nitrogens is 6. The van der Waals surface area contributed by atoms with Gasteiger partial charge in [0.1, 0.15) is 5.69 Å².